The molecule has 1 saturated heterocycles. The van der Waals surface area contributed by atoms with Gasteiger partial charge in [0, 0.05) is 25.3 Å². The van der Waals surface area contributed by atoms with Crippen molar-refractivity contribution in [3.05, 3.63) is 29.8 Å². The molecule has 2 nitrogen and oxygen atoms in total. The molecule has 15 heavy (non-hydrogen) atoms. The van der Waals surface area contributed by atoms with E-state index in [1.165, 1.54) is 12.1 Å². The van der Waals surface area contributed by atoms with Crippen molar-refractivity contribution in [3.63, 3.8) is 0 Å². The molecule has 0 spiro atoms. The van der Waals surface area contributed by atoms with Gasteiger partial charge >= 0.3 is 0 Å². The maximum atomic E-state index is 12.3. The van der Waals surface area contributed by atoms with Gasteiger partial charge in [0.1, 0.15) is 6.67 Å². The smallest absolute Gasteiger partial charge is 0.115 e. The van der Waals surface area contributed by atoms with Crippen molar-refractivity contribution >= 4 is 5.69 Å². The van der Waals surface area contributed by atoms with E-state index < -0.39 is 0 Å². The molecule has 0 radical (unpaired) electrons. The Morgan fingerprint density at radius 1 is 1.13 bits per heavy atom. The van der Waals surface area contributed by atoms with Crippen LogP contribution in [0.5, 0.6) is 0 Å². The molecule has 3 heteroatoms. The normalized spacial score (nSPS) is 17.5. The van der Waals surface area contributed by atoms with E-state index in [1.807, 2.05) is 24.3 Å². The van der Waals surface area contributed by atoms with Crippen molar-refractivity contribution < 1.29 is 4.39 Å². The molecule has 0 bridgehead atoms. The molecule has 0 unspecified atom stereocenters. The number of nitrogens with one attached hydrogen (secondary N) is 1. The van der Waals surface area contributed by atoms with Gasteiger partial charge in [0.05, 0.1) is 0 Å². The van der Waals surface area contributed by atoms with Crippen molar-refractivity contribution in [2.24, 2.45) is 0 Å². The summed E-state index contributed by atoms with van der Waals surface area (Å²) in [5.41, 5.74) is 1.96. The second-order valence-electron chi connectivity index (χ2n) is 3.89. The largest absolute Gasteiger partial charge is 0.370 e. The van der Waals surface area contributed by atoms with Crippen LogP contribution in [-0.4, -0.2) is 26.2 Å². The lowest BCUT2D eigenvalue weighted by molar-refractivity contribution is 0.485. The summed E-state index contributed by atoms with van der Waals surface area (Å²) in [7, 11) is 0. The Balaban J connectivity index is 2.06. The van der Waals surface area contributed by atoms with Crippen LogP contribution in [0.3, 0.4) is 0 Å². The zero-order chi connectivity index (χ0) is 10.5. The van der Waals surface area contributed by atoms with Crippen molar-refractivity contribution in [2.75, 3.05) is 31.1 Å². The summed E-state index contributed by atoms with van der Waals surface area (Å²) in [6.45, 7) is 3.88. The van der Waals surface area contributed by atoms with E-state index in [0.717, 1.165) is 31.7 Å². The third-order valence-corrected chi connectivity index (χ3v) is 2.80. The summed E-state index contributed by atoms with van der Waals surface area (Å²) in [5.74, 6) is 0. The summed E-state index contributed by atoms with van der Waals surface area (Å²) in [6, 6.07) is 7.77. The standard InChI is InChI=1S/C12H17FN2/c13-10-11-2-4-12(5-3-11)15-8-1-6-14-7-9-15/h2-5,14H,1,6-10H2. The number of benzene rings is 1. The SMILES string of the molecule is FCc1ccc(N2CCCNCC2)cc1. The summed E-state index contributed by atoms with van der Waals surface area (Å²) in [4.78, 5) is 2.35. The molecule has 0 saturated carbocycles. The minimum Gasteiger partial charge on any atom is -0.370 e. The molecular weight excluding hydrogens is 191 g/mol. The fourth-order valence-electron chi connectivity index (χ4n) is 1.90. The zero-order valence-corrected chi connectivity index (χ0v) is 8.88. The highest BCUT2D eigenvalue weighted by Gasteiger charge is 2.08. The average molecular weight is 208 g/mol. The first-order valence-corrected chi connectivity index (χ1v) is 5.51. The van der Waals surface area contributed by atoms with E-state index in [-0.39, 0.29) is 6.67 Å². The van der Waals surface area contributed by atoms with E-state index in [1.54, 1.807) is 0 Å². The molecule has 1 aromatic rings. The monoisotopic (exact) mass is 208 g/mol. The van der Waals surface area contributed by atoms with Gasteiger partial charge in [0.25, 0.3) is 0 Å². The van der Waals surface area contributed by atoms with Gasteiger partial charge in [-0.05, 0) is 30.7 Å². The van der Waals surface area contributed by atoms with Gasteiger partial charge < -0.3 is 10.2 Å². The zero-order valence-electron chi connectivity index (χ0n) is 8.88. The molecule has 1 N–H and O–H groups in total. The van der Waals surface area contributed by atoms with Crippen molar-refractivity contribution in [3.8, 4) is 0 Å². The second kappa shape index (κ2) is 5.12. The Morgan fingerprint density at radius 2 is 1.93 bits per heavy atom. The highest BCUT2D eigenvalue weighted by atomic mass is 19.1. The Bertz CT molecular complexity index is 289. The Morgan fingerprint density at radius 3 is 2.67 bits per heavy atom. The minimum absolute atomic E-state index is 0.373. The van der Waals surface area contributed by atoms with Crippen LogP contribution in [0.4, 0.5) is 10.1 Å². The lowest BCUT2D eigenvalue weighted by Gasteiger charge is -2.22. The van der Waals surface area contributed by atoms with Crippen molar-refractivity contribution in [2.45, 2.75) is 13.1 Å². The summed E-state index contributed by atoms with van der Waals surface area (Å²) in [6.07, 6.45) is 1.17. The van der Waals surface area contributed by atoms with E-state index in [4.69, 9.17) is 0 Å². The molecule has 1 fully saturated rings. The highest BCUT2D eigenvalue weighted by Crippen LogP contribution is 2.16. The highest BCUT2D eigenvalue weighted by molar-refractivity contribution is 5.47. The van der Waals surface area contributed by atoms with Gasteiger partial charge in [-0.2, -0.15) is 0 Å². The van der Waals surface area contributed by atoms with Gasteiger partial charge in [-0.15, -0.1) is 0 Å². The van der Waals surface area contributed by atoms with Gasteiger partial charge in [-0.3, -0.25) is 0 Å². The van der Waals surface area contributed by atoms with Crippen molar-refractivity contribution in [1.29, 1.82) is 0 Å². The predicted octanol–water partition coefficient (Wildman–Crippen LogP) is 1.96. The lowest BCUT2D eigenvalue weighted by atomic mass is 10.2. The fourth-order valence-corrected chi connectivity index (χ4v) is 1.90. The molecule has 82 valence electrons. The van der Waals surface area contributed by atoms with Crippen LogP contribution in [0.15, 0.2) is 24.3 Å². The Labute approximate surface area is 90.1 Å². The van der Waals surface area contributed by atoms with Crippen molar-refractivity contribution in [1.82, 2.24) is 5.32 Å². The second-order valence-corrected chi connectivity index (χ2v) is 3.89. The van der Waals surface area contributed by atoms with E-state index in [0.29, 0.717) is 0 Å². The molecule has 0 amide bonds. The topological polar surface area (TPSA) is 15.3 Å². The number of hydrogen-bond acceptors (Lipinski definition) is 2. The maximum Gasteiger partial charge on any atom is 0.115 e. The predicted molar refractivity (Wildman–Crippen MR) is 61.0 cm³/mol. The Kier molecular flexibility index (Phi) is 3.56. The molecule has 0 aromatic heterocycles. The van der Waals surface area contributed by atoms with Crippen LogP contribution in [0.25, 0.3) is 0 Å². The first kappa shape index (κ1) is 10.4. The van der Waals surface area contributed by atoms with Crippen LogP contribution in [0, 0.1) is 0 Å². The van der Waals surface area contributed by atoms with E-state index >= 15 is 0 Å². The molecule has 0 atom stereocenters. The number of alkyl halides is 1. The summed E-state index contributed by atoms with van der Waals surface area (Å²) < 4.78 is 12.3. The molecule has 0 aliphatic carbocycles. The lowest BCUT2D eigenvalue weighted by Crippen LogP contribution is -2.27. The van der Waals surface area contributed by atoms with Gasteiger partial charge in [-0.1, -0.05) is 12.1 Å². The summed E-state index contributed by atoms with van der Waals surface area (Å²) >= 11 is 0. The summed E-state index contributed by atoms with van der Waals surface area (Å²) in [5, 5.41) is 3.37. The van der Waals surface area contributed by atoms with Crippen LogP contribution in [0.1, 0.15) is 12.0 Å². The number of hydrogen-bond donors (Lipinski definition) is 1. The number of rotatable bonds is 2. The third-order valence-electron chi connectivity index (χ3n) is 2.80. The van der Waals surface area contributed by atoms with Crippen LogP contribution < -0.4 is 10.2 Å². The van der Waals surface area contributed by atoms with Gasteiger partial charge in [0.2, 0.25) is 0 Å². The molecule has 1 aliphatic heterocycles. The number of anilines is 1. The first-order valence-electron chi connectivity index (χ1n) is 5.51. The molecule has 1 aliphatic rings. The van der Waals surface area contributed by atoms with E-state index in [2.05, 4.69) is 10.2 Å². The van der Waals surface area contributed by atoms with Gasteiger partial charge in [0.15, 0.2) is 0 Å². The van der Waals surface area contributed by atoms with E-state index in [9.17, 15) is 4.39 Å². The number of halogens is 1. The average Bonchev–Trinajstić information content (AvgIpc) is 2.58. The molecule has 2 rings (SSSR count). The maximum absolute atomic E-state index is 12.3. The number of nitrogens with zero attached hydrogens (tertiary/aromatic N) is 1. The van der Waals surface area contributed by atoms with Crippen LogP contribution in [-0.2, 0) is 6.67 Å². The Hall–Kier alpha value is -1.09. The first-order chi connectivity index (χ1) is 7.40. The molecular formula is C12H17FN2. The third kappa shape index (κ3) is 2.69. The van der Waals surface area contributed by atoms with Gasteiger partial charge in [-0.25, -0.2) is 4.39 Å². The van der Waals surface area contributed by atoms with Crippen LogP contribution in [0.2, 0.25) is 0 Å². The minimum atomic E-state index is -0.373. The molecule has 1 heterocycles. The molecule has 1 aromatic carbocycles. The quantitative estimate of drug-likeness (QED) is 0.799. The fraction of sp³-hybridized carbons (Fsp3) is 0.500. The van der Waals surface area contributed by atoms with Crippen LogP contribution >= 0.6 is 0 Å².